The van der Waals surface area contributed by atoms with Gasteiger partial charge in [-0.3, -0.25) is 4.57 Å². The Bertz CT molecular complexity index is 2290. The molecule has 0 bridgehead atoms. The molecule has 43 heavy (non-hydrogen) atoms. The zero-order chi connectivity index (χ0) is 29.1. The lowest BCUT2D eigenvalue weighted by Crippen LogP contribution is -2.20. The smallest absolute Gasteiger partial charge is 0.162 e. The highest BCUT2D eigenvalue weighted by atomic mass is 15.1. The van der Waals surface area contributed by atoms with Crippen LogP contribution >= 0.6 is 0 Å². The third-order valence-electron chi connectivity index (χ3n) is 9.99. The summed E-state index contributed by atoms with van der Waals surface area (Å²) in [4.78, 5) is 10.8. The van der Waals surface area contributed by atoms with E-state index in [1.807, 2.05) is 6.07 Å². The normalized spacial score (nSPS) is 15.3. The summed E-state index contributed by atoms with van der Waals surface area (Å²) >= 11 is 0. The van der Waals surface area contributed by atoms with Gasteiger partial charge in [-0.25, -0.2) is 9.97 Å². The molecule has 206 valence electrons. The van der Waals surface area contributed by atoms with Crippen molar-refractivity contribution >= 4 is 21.8 Å². The van der Waals surface area contributed by atoms with Crippen LogP contribution in [0.5, 0.6) is 0 Å². The Hall–Kier alpha value is -5.02. The van der Waals surface area contributed by atoms with Crippen molar-refractivity contribution < 1.29 is 0 Å². The highest BCUT2D eigenvalue weighted by Crippen LogP contribution is 2.55. The van der Waals surface area contributed by atoms with E-state index in [0.717, 1.165) is 22.9 Å². The van der Waals surface area contributed by atoms with Crippen LogP contribution in [0.3, 0.4) is 0 Å². The van der Waals surface area contributed by atoms with Gasteiger partial charge in [-0.1, -0.05) is 137 Å². The van der Waals surface area contributed by atoms with Gasteiger partial charge in [0.1, 0.15) is 5.82 Å². The van der Waals surface area contributed by atoms with Gasteiger partial charge in [-0.2, -0.15) is 0 Å². The number of benzene rings is 5. The maximum atomic E-state index is 5.51. The molecule has 2 heterocycles. The Balaban J connectivity index is 1.50. The van der Waals surface area contributed by atoms with Gasteiger partial charge in [0.2, 0.25) is 0 Å². The Morgan fingerprint density at radius 2 is 1.19 bits per heavy atom. The molecule has 0 radical (unpaired) electrons. The van der Waals surface area contributed by atoms with Gasteiger partial charge in [0.05, 0.1) is 16.7 Å². The van der Waals surface area contributed by atoms with Crippen molar-refractivity contribution in [1.29, 1.82) is 0 Å². The highest BCUT2D eigenvalue weighted by Gasteiger charge is 2.42. The molecule has 0 saturated heterocycles. The van der Waals surface area contributed by atoms with Crippen LogP contribution < -0.4 is 0 Å². The molecule has 3 nitrogen and oxygen atoms in total. The third kappa shape index (κ3) is 3.09. The zero-order valence-corrected chi connectivity index (χ0v) is 24.8. The number of rotatable bonds is 2. The fourth-order valence-electron chi connectivity index (χ4n) is 7.93. The molecule has 0 fully saturated rings. The van der Waals surface area contributed by atoms with Gasteiger partial charge >= 0.3 is 0 Å². The topological polar surface area (TPSA) is 30.7 Å². The van der Waals surface area contributed by atoms with Crippen LogP contribution in [0.4, 0.5) is 0 Å². The van der Waals surface area contributed by atoms with E-state index in [9.17, 15) is 0 Å². The molecule has 0 spiro atoms. The predicted molar refractivity (Wildman–Crippen MR) is 177 cm³/mol. The lowest BCUT2D eigenvalue weighted by atomic mass is 9.82. The zero-order valence-electron chi connectivity index (χ0n) is 24.8. The number of nitrogens with zero attached hydrogens (tertiary/aromatic N) is 3. The summed E-state index contributed by atoms with van der Waals surface area (Å²) < 4.78 is 2.46. The molecular formula is C40H31N3. The Morgan fingerprint density at radius 3 is 1.98 bits per heavy atom. The predicted octanol–water partition coefficient (Wildman–Crippen LogP) is 9.85. The van der Waals surface area contributed by atoms with E-state index in [4.69, 9.17) is 9.97 Å². The van der Waals surface area contributed by atoms with Gasteiger partial charge in [0.25, 0.3) is 0 Å². The molecule has 0 amide bonds. The van der Waals surface area contributed by atoms with Crippen LogP contribution in [0, 0.1) is 0 Å². The Morgan fingerprint density at radius 1 is 0.535 bits per heavy atom. The Labute approximate surface area is 251 Å². The van der Waals surface area contributed by atoms with E-state index in [-0.39, 0.29) is 10.8 Å². The van der Waals surface area contributed by atoms with E-state index < -0.39 is 0 Å². The minimum Gasteiger partial charge on any atom is -0.293 e. The van der Waals surface area contributed by atoms with Crippen LogP contribution in [0.2, 0.25) is 0 Å². The second-order valence-corrected chi connectivity index (χ2v) is 13.0. The molecule has 2 aromatic heterocycles. The second kappa shape index (κ2) is 8.29. The molecular weight excluding hydrogens is 522 g/mol. The molecule has 0 atom stereocenters. The number of hydrogen-bond acceptors (Lipinski definition) is 2. The quantitative estimate of drug-likeness (QED) is 0.213. The maximum Gasteiger partial charge on any atom is 0.162 e. The Kier molecular flexibility index (Phi) is 4.74. The van der Waals surface area contributed by atoms with Crippen LogP contribution in [-0.2, 0) is 10.8 Å². The summed E-state index contributed by atoms with van der Waals surface area (Å²) in [5.41, 5.74) is 13.1. The standard InChI is InChI=1S/C40H31N3/c1-39(2)29-19-11-8-17-27(29)33-31(39)23-22-26-25-16-10-13-21-32(25)43(36(26)33)38-34-35(28-18-9-12-20-30(28)40(34,3)4)41-37(42-38)24-14-6-5-7-15-24/h5-23H,1-4H3. The minimum atomic E-state index is -0.274. The van der Waals surface area contributed by atoms with E-state index in [0.29, 0.717) is 0 Å². The van der Waals surface area contributed by atoms with Crippen molar-refractivity contribution in [2.75, 3.05) is 0 Å². The molecule has 2 aliphatic rings. The lowest BCUT2D eigenvalue weighted by molar-refractivity contribution is 0.650. The number of fused-ring (bicyclic) bond motifs is 10. The fraction of sp³-hybridized carbons (Fsp3) is 0.150. The molecule has 9 rings (SSSR count). The summed E-state index contributed by atoms with van der Waals surface area (Å²) in [6.45, 7) is 9.35. The first-order valence-electron chi connectivity index (χ1n) is 15.1. The summed E-state index contributed by atoms with van der Waals surface area (Å²) in [6.07, 6.45) is 0. The SMILES string of the molecule is CC1(C)c2ccccc2-c2c1ccc1c3ccccc3n(-c3nc(-c4ccccc4)nc4c3C(C)(C)c3ccccc3-4)c21. The number of para-hydroxylation sites is 1. The van der Waals surface area contributed by atoms with Crippen LogP contribution in [0.15, 0.2) is 115 Å². The maximum absolute atomic E-state index is 5.51. The van der Waals surface area contributed by atoms with Crippen LogP contribution in [-0.4, -0.2) is 14.5 Å². The van der Waals surface area contributed by atoms with Gasteiger partial charge < -0.3 is 0 Å². The number of aromatic nitrogens is 3. The lowest BCUT2D eigenvalue weighted by Gasteiger charge is -2.25. The molecule has 2 aliphatic carbocycles. The third-order valence-corrected chi connectivity index (χ3v) is 9.99. The van der Waals surface area contributed by atoms with Gasteiger partial charge in [0, 0.05) is 43.9 Å². The molecule has 0 unspecified atom stereocenters. The van der Waals surface area contributed by atoms with Crippen LogP contribution in [0.1, 0.15) is 49.9 Å². The molecule has 0 aliphatic heterocycles. The van der Waals surface area contributed by atoms with Crippen molar-refractivity contribution in [3.63, 3.8) is 0 Å². The summed E-state index contributed by atoms with van der Waals surface area (Å²) in [7, 11) is 0. The van der Waals surface area contributed by atoms with Crippen molar-refractivity contribution in [3.8, 4) is 39.6 Å². The van der Waals surface area contributed by atoms with Crippen molar-refractivity contribution in [1.82, 2.24) is 14.5 Å². The van der Waals surface area contributed by atoms with Gasteiger partial charge in [0.15, 0.2) is 5.82 Å². The average molecular weight is 554 g/mol. The van der Waals surface area contributed by atoms with Crippen molar-refractivity contribution in [2.45, 2.75) is 38.5 Å². The monoisotopic (exact) mass is 553 g/mol. The first kappa shape index (κ1) is 24.6. The molecule has 7 aromatic rings. The minimum absolute atomic E-state index is 0.0975. The molecule has 5 aromatic carbocycles. The first-order chi connectivity index (χ1) is 20.9. The van der Waals surface area contributed by atoms with E-state index in [2.05, 4.69) is 141 Å². The summed E-state index contributed by atoms with van der Waals surface area (Å²) in [5.74, 6) is 1.72. The summed E-state index contributed by atoms with van der Waals surface area (Å²) in [5, 5.41) is 2.49. The number of hydrogen-bond donors (Lipinski definition) is 0. The summed E-state index contributed by atoms with van der Waals surface area (Å²) in [6, 6.07) is 41.6. The second-order valence-electron chi connectivity index (χ2n) is 13.0. The highest BCUT2D eigenvalue weighted by molar-refractivity contribution is 6.15. The van der Waals surface area contributed by atoms with E-state index in [1.165, 1.54) is 60.8 Å². The largest absolute Gasteiger partial charge is 0.293 e. The van der Waals surface area contributed by atoms with E-state index >= 15 is 0 Å². The van der Waals surface area contributed by atoms with Crippen molar-refractivity contribution in [3.05, 3.63) is 138 Å². The van der Waals surface area contributed by atoms with Gasteiger partial charge in [-0.15, -0.1) is 0 Å². The van der Waals surface area contributed by atoms with Gasteiger partial charge in [-0.05, 0) is 28.3 Å². The molecule has 0 saturated carbocycles. The van der Waals surface area contributed by atoms with E-state index in [1.54, 1.807) is 0 Å². The molecule has 3 heteroatoms. The fourth-order valence-corrected chi connectivity index (χ4v) is 7.93. The first-order valence-corrected chi connectivity index (χ1v) is 15.1. The molecule has 0 N–H and O–H groups in total. The average Bonchev–Trinajstić information content (AvgIpc) is 3.58. The van der Waals surface area contributed by atoms with Crippen LogP contribution in [0.25, 0.3) is 61.4 Å². The van der Waals surface area contributed by atoms with Crippen molar-refractivity contribution in [2.24, 2.45) is 0 Å².